The number of carbonyl (C=O) groups is 2. The van der Waals surface area contributed by atoms with Crippen LogP contribution in [0.2, 0.25) is 5.02 Å². The average Bonchev–Trinajstić information content (AvgIpc) is 3.13. The van der Waals surface area contributed by atoms with Gasteiger partial charge in [-0.15, -0.1) is 0 Å². The first kappa shape index (κ1) is 15.7. The highest BCUT2D eigenvalue weighted by Crippen LogP contribution is 2.32. The first-order valence-corrected chi connectivity index (χ1v) is 8.01. The van der Waals surface area contributed by atoms with Gasteiger partial charge < -0.3 is 9.15 Å². The highest BCUT2D eigenvalue weighted by atomic mass is 35.5. The van der Waals surface area contributed by atoms with Gasteiger partial charge in [-0.2, -0.15) is 0 Å². The second-order valence-corrected chi connectivity index (χ2v) is 6.03. The molecule has 0 unspecified atom stereocenters. The van der Waals surface area contributed by atoms with Crippen LogP contribution in [-0.4, -0.2) is 29.2 Å². The Morgan fingerprint density at radius 2 is 2.04 bits per heavy atom. The second-order valence-electron chi connectivity index (χ2n) is 4.63. The zero-order valence-corrected chi connectivity index (χ0v) is 13.5. The van der Waals surface area contributed by atoms with E-state index in [1.165, 1.54) is 6.26 Å². The van der Waals surface area contributed by atoms with Crippen molar-refractivity contribution in [3.8, 4) is 5.75 Å². The molecule has 1 saturated heterocycles. The fourth-order valence-corrected chi connectivity index (χ4v) is 3.04. The molecule has 0 atom stereocenters. The van der Waals surface area contributed by atoms with Gasteiger partial charge in [-0.3, -0.25) is 14.5 Å². The lowest BCUT2D eigenvalue weighted by Crippen LogP contribution is -2.32. The first-order valence-electron chi connectivity index (χ1n) is 6.81. The summed E-state index contributed by atoms with van der Waals surface area (Å²) < 4.78 is 10.7. The Morgan fingerprint density at radius 3 is 2.78 bits per heavy atom. The van der Waals surface area contributed by atoms with Gasteiger partial charge in [0.25, 0.3) is 11.1 Å². The molecule has 0 aliphatic carbocycles. The third-order valence-corrected chi connectivity index (χ3v) is 4.32. The molecule has 2 amide bonds. The number of nitrogens with zero attached hydrogens (tertiary/aromatic N) is 1. The number of carbonyl (C=O) groups excluding carboxylic acids is 2. The number of thioether (sulfide) groups is 1. The Labute approximate surface area is 141 Å². The van der Waals surface area contributed by atoms with Crippen LogP contribution in [0.15, 0.2) is 52.0 Å². The number of ether oxygens (including phenoxy) is 1. The quantitative estimate of drug-likeness (QED) is 0.762. The van der Waals surface area contributed by atoms with E-state index in [9.17, 15) is 9.59 Å². The van der Waals surface area contributed by atoms with Crippen LogP contribution < -0.4 is 4.74 Å². The van der Waals surface area contributed by atoms with E-state index in [-0.39, 0.29) is 24.3 Å². The molecule has 118 valence electrons. The van der Waals surface area contributed by atoms with Crippen LogP contribution in [0.3, 0.4) is 0 Å². The number of hydrogen-bond donors (Lipinski definition) is 0. The van der Waals surface area contributed by atoms with Crippen LogP contribution in [0, 0.1) is 0 Å². The Kier molecular flexibility index (Phi) is 4.73. The Bertz CT molecular complexity index is 757. The third kappa shape index (κ3) is 3.60. The predicted octanol–water partition coefficient (Wildman–Crippen LogP) is 4.05. The predicted molar refractivity (Wildman–Crippen MR) is 88.3 cm³/mol. The lowest BCUT2D eigenvalue weighted by molar-refractivity contribution is -0.123. The number of halogens is 1. The molecule has 7 heteroatoms. The summed E-state index contributed by atoms with van der Waals surface area (Å²) >= 11 is 6.87. The largest absolute Gasteiger partial charge is 0.490 e. The van der Waals surface area contributed by atoms with Crippen LogP contribution in [0.25, 0.3) is 6.08 Å². The van der Waals surface area contributed by atoms with Crippen LogP contribution in [-0.2, 0) is 4.79 Å². The molecule has 3 rings (SSSR count). The van der Waals surface area contributed by atoms with E-state index >= 15 is 0 Å². The summed E-state index contributed by atoms with van der Waals surface area (Å²) in [6, 6.07) is 10.5. The highest BCUT2D eigenvalue weighted by Gasteiger charge is 2.35. The van der Waals surface area contributed by atoms with Crippen molar-refractivity contribution in [2.24, 2.45) is 0 Å². The maximum absolute atomic E-state index is 12.2. The van der Waals surface area contributed by atoms with E-state index in [4.69, 9.17) is 20.8 Å². The van der Waals surface area contributed by atoms with Crippen molar-refractivity contribution < 1.29 is 18.7 Å². The molecular formula is C16H12ClNO4S. The van der Waals surface area contributed by atoms with Gasteiger partial charge in [0.1, 0.15) is 18.1 Å². The summed E-state index contributed by atoms with van der Waals surface area (Å²) in [6.07, 6.45) is 3.06. The molecule has 0 N–H and O–H groups in total. The molecule has 0 radical (unpaired) electrons. The van der Waals surface area contributed by atoms with Crippen molar-refractivity contribution in [1.29, 1.82) is 0 Å². The number of benzene rings is 1. The maximum Gasteiger partial charge on any atom is 0.293 e. The number of furan rings is 1. The summed E-state index contributed by atoms with van der Waals surface area (Å²) in [6.45, 7) is 0.335. The monoisotopic (exact) mass is 349 g/mol. The van der Waals surface area contributed by atoms with Gasteiger partial charge in [0.15, 0.2) is 0 Å². The molecule has 1 aromatic heterocycles. The minimum Gasteiger partial charge on any atom is -0.490 e. The van der Waals surface area contributed by atoms with E-state index < -0.39 is 0 Å². The van der Waals surface area contributed by atoms with E-state index in [0.29, 0.717) is 21.4 Å². The lowest BCUT2D eigenvalue weighted by atomic mass is 10.3. The number of amides is 2. The van der Waals surface area contributed by atoms with Crippen molar-refractivity contribution in [3.63, 3.8) is 0 Å². The summed E-state index contributed by atoms with van der Waals surface area (Å²) in [5, 5.41) is 0.162. The smallest absolute Gasteiger partial charge is 0.293 e. The lowest BCUT2D eigenvalue weighted by Gasteiger charge is -2.13. The van der Waals surface area contributed by atoms with Crippen molar-refractivity contribution in [2.75, 3.05) is 13.2 Å². The minimum atomic E-state index is -0.348. The highest BCUT2D eigenvalue weighted by molar-refractivity contribution is 8.18. The molecule has 2 heterocycles. The molecule has 0 bridgehead atoms. The Balaban J connectivity index is 1.61. The van der Waals surface area contributed by atoms with E-state index in [0.717, 1.165) is 16.7 Å². The Hall–Kier alpha value is -2.18. The van der Waals surface area contributed by atoms with Gasteiger partial charge in [-0.25, -0.2) is 0 Å². The molecule has 2 aromatic rings. The summed E-state index contributed by atoms with van der Waals surface area (Å²) in [7, 11) is 0. The molecule has 1 aliphatic rings. The summed E-state index contributed by atoms with van der Waals surface area (Å²) in [5.74, 6) is 0.703. The van der Waals surface area contributed by atoms with Gasteiger partial charge >= 0.3 is 0 Å². The van der Waals surface area contributed by atoms with E-state index in [2.05, 4.69) is 0 Å². The van der Waals surface area contributed by atoms with Crippen molar-refractivity contribution >= 4 is 40.6 Å². The van der Waals surface area contributed by atoms with Gasteiger partial charge in [0, 0.05) is 6.08 Å². The molecule has 1 aliphatic heterocycles. The summed E-state index contributed by atoms with van der Waals surface area (Å²) in [4.78, 5) is 25.7. The van der Waals surface area contributed by atoms with Gasteiger partial charge in [-0.1, -0.05) is 23.7 Å². The maximum atomic E-state index is 12.2. The molecule has 23 heavy (non-hydrogen) atoms. The number of imide groups is 1. The fourth-order valence-electron chi connectivity index (χ4n) is 2.00. The molecular weight excluding hydrogens is 338 g/mol. The second kappa shape index (κ2) is 6.93. The first-order chi connectivity index (χ1) is 11.1. The minimum absolute atomic E-state index is 0.158. The number of para-hydroxylation sites is 1. The normalized spacial score (nSPS) is 16.4. The van der Waals surface area contributed by atoms with E-state index in [1.54, 1.807) is 42.5 Å². The number of rotatable bonds is 5. The number of hydrogen-bond acceptors (Lipinski definition) is 5. The summed E-state index contributed by atoms with van der Waals surface area (Å²) in [5.41, 5.74) is 0. The molecule has 0 saturated carbocycles. The molecule has 5 nitrogen and oxygen atoms in total. The van der Waals surface area contributed by atoms with Crippen LogP contribution in [0.1, 0.15) is 5.76 Å². The van der Waals surface area contributed by atoms with Crippen molar-refractivity contribution in [3.05, 3.63) is 58.3 Å². The SMILES string of the molecule is O=C1S/C(=C\c2ccco2)C(=O)N1CCOc1ccccc1Cl. The van der Waals surface area contributed by atoms with Crippen LogP contribution >= 0.6 is 23.4 Å². The molecule has 1 aromatic carbocycles. The van der Waals surface area contributed by atoms with Crippen LogP contribution in [0.5, 0.6) is 5.75 Å². The third-order valence-electron chi connectivity index (χ3n) is 3.10. The van der Waals surface area contributed by atoms with Crippen LogP contribution in [0.4, 0.5) is 4.79 Å². The average molecular weight is 350 g/mol. The zero-order chi connectivity index (χ0) is 16.2. The van der Waals surface area contributed by atoms with Gasteiger partial charge in [-0.05, 0) is 36.0 Å². The fraction of sp³-hybridized carbons (Fsp3) is 0.125. The van der Waals surface area contributed by atoms with Gasteiger partial charge in [0.05, 0.1) is 22.7 Å². The van der Waals surface area contributed by atoms with Gasteiger partial charge in [0.2, 0.25) is 0 Å². The zero-order valence-electron chi connectivity index (χ0n) is 11.9. The van der Waals surface area contributed by atoms with Crippen molar-refractivity contribution in [2.45, 2.75) is 0 Å². The topological polar surface area (TPSA) is 59.8 Å². The molecule has 0 spiro atoms. The standard InChI is InChI=1S/C16H12ClNO4S/c17-12-5-1-2-6-13(12)22-9-7-18-15(19)14(23-16(18)20)10-11-4-3-8-21-11/h1-6,8,10H,7,9H2/b14-10-. The Morgan fingerprint density at radius 1 is 1.22 bits per heavy atom. The van der Waals surface area contributed by atoms with E-state index in [1.807, 2.05) is 0 Å². The van der Waals surface area contributed by atoms with Crippen molar-refractivity contribution in [1.82, 2.24) is 4.90 Å². The molecule has 1 fully saturated rings.